The van der Waals surface area contributed by atoms with Gasteiger partial charge in [0.2, 0.25) is 0 Å². The lowest BCUT2D eigenvalue weighted by Crippen LogP contribution is -2.24. The van der Waals surface area contributed by atoms with Gasteiger partial charge in [-0.1, -0.05) is 34.5 Å². The predicted octanol–water partition coefficient (Wildman–Crippen LogP) is 4.21. The summed E-state index contributed by atoms with van der Waals surface area (Å²) in [5, 5.41) is 4.12. The van der Waals surface area contributed by atoms with E-state index in [9.17, 15) is 0 Å². The molecule has 20 heavy (non-hydrogen) atoms. The Labute approximate surface area is 132 Å². The zero-order chi connectivity index (χ0) is 14.5. The molecule has 0 amide bonds. The lowest BCUT2D eigenvalue weighted by molar-refractivity contribution is 0.400. The molecule has 0 aliphatic heterocycles. The van der Waals surface area contributed by atoms with Crippen molar-refractivity contribution in [2.75, 3.05) is 13.7 Å². The summed E-state index contributed by atoms with van der Waals surface area (Å²) < 4.78 is 6.40. The maximum atomic E-state index is 6.12. The van der Waals surface area contributed by atoms with Gasteiger partial charge < -0.3 is 10.1 Å². The molecule has 1 aromatic carbocycles. The molecule has 106 valence electrons. The number of nitrogens with zero attached hydrogens (tertiary/aromatic N) is 1. The Morgan fingerprint density at radius 3 is 2.90 bits per heavy atom. The van der Waals surface area contributed by atoms with Gasteiger partial charge in [-0.05, 0) is 42.4 Å². The minimum Gasteiger partial charge on any atom is -0.495 e. The topological polar surface area (TPSA) is 34.2 Å². The Morgan fingerprint density at radius 1 is 1.40 bits per heavy atom. The zero-order valence-electron chi connectivity index (χ0n) is 11.4. The van der Waals surface area contributed by atoms with Crippen molar-refractivity contribution in [2.24, 2.45) is 0 Å². The smallest absolute Gasteiger partial charge is 0.142 e. The van der Waals surface area contributed by atoms with Crippen LogP contribution < -0.4 is 10.1 Å². The van der Waals surface area contributed by atoms with Crippen molar-refractivity contribution in [1.82, 2.24) is 10.3 Å². The molecular formula is C15H16BrClN2O. The van der Waals surface area contributed by atoms with Crippen LogP contribution in [-0.2, 0) is 0 Å². The number of aromatic nitrogens is 1. The van der Waals surface area contributed by atoms with E-state index in [0.29, 0.717) is 5.02 Å². The van der Waals surface area contributed by atoms with Gasteiger partial charge in [-0.25, -0.2) is 0 Å². The number of nitrogens with one attached hydrogen (secondary N) is 1. The van der Waals surface area contributed by atoms with Gasteiger partial charge in [0, 0.05) is 15.7 Å². The van der Waals surface area contributed by atoms with Crippen molar-refractivity contribution < 1.29 is 4.74 Å². The van der Waals surface area contributed by atoms with Gasteiger partial charge in [-0.3, -0.25) is 4.98 Å². The fourth-order valence-corrected chi connectivity index (χ4v) is 2.74. The van der Waals surface area contributed by atoms with Crippen LogP contribution in [0.2, 0.25) is 5.02 Å². The molecule has 1 atom stereocenters. The molecule has 1 N–H and O–H groups in total. The van der Waals surface area contributed by atoms with Crippen molar-refractivity contribution >= 4 is 27.5 Å². The number of benzene rings is 1. The van der Waals surface area contributed by atoms with Gasteiger partial charge in [0.15, 0.2) is 0 Å². The number of ether oxygens (including phenoxy) is 1. The van der Waals surface area contributed by atoms with Crippen LogP contribution >= 0.6 is 27.5 Å². The molecule has 2 rings (SSSR count). The number of halogens is 2. The van der Waals surface area contributed by atoms with Gasteiger partial charge in [-0.15, -0.1) is 0 Å². The summed E-state index contributed by atoms with van der Waals surface area (Å²) in [5.41, 5.74) is 1.89. The van der Waals surface area contributed by atoms with E-state index in [1.807, 2.05) is 30.3 Å². The van der Waals surface area contributed by atoms with Crippen LogP contribution in [0.1, 0.15) is 24.2 Å². The van der Waals surface area contributed by atoms with E-state index in [0.717, 1.165) is 28.0 Å². The third-order valence-corrected chi connectivity index (χ3v) is 3.93. The first kappa shape index (κ1) is 15.3. The first-order valence-corrected chi connectivity index (χ1v) is 7.51. The molecule has 0 fully saturated rings. The van der Waals surface area contributed by atoms with E-state index in [1.54, 1.807) is 13.3 Å². The van der Waals surface area contributed by atoms with Crippen LogP contribution in [0.4, 0.5) is 0 Å². The van der Waals surface area contributed by atoms with Crippen molar-refractivity contribution in [3.63, 3.8) is 0 Å². The zero-order valence-corrected chi connectivity index (χ0v) is 13.7. The van der Waals surface area contributed by atoms with Gasteiger partial charge in [-0.2, -0.15) is 0 Å². The molecule has 1 unspecified atom stereocenters. The summed E-state index contributed by atoms with van der Waals surface area (Å²) in [4.78, 5) is 4.46. The Hall–Kier alpha value is -1.10. The lowest BCUT2D eigenvalue weighted by Gasteiger charge is -2.21. The highest BCUT2D eigenvalue weighted by Crippen LogP contribution is 2.33. The Morgan fingerprint density at radius 2 is 2.20 bits per heavy atom. The molecule has 0 spiro atoms. The Balaban J connectivity index is 2.53. The second kappa shape index (κ2) is 7.07. The van der Waals surface area contributed by atoms with Gasteiger partial charge >= 0.3 is 0 Å². The maximum Gasteiger partial charge on any atom is 0.142 e. The Bertz CT molecular complexity index is 592. The van der Waals surface area contributed by atoms with Crippen LogP contribution in [0.3, 0.4) is 0 Å². The summed E-state index contributed by atoms with van der Waals surface area (Å²) in [6, 6.07) is 9.42. The third kappa shape index (κ3) is 3.32. The highest BCUT2D eigenvalue weighted by molar-refractivity contribution is 9.10. The highest BCUT2D eigenvalue weighted by atomic mass is 79.9. The molecule has 1 aromatic heterocycles. The summed E-state index contributed by atoms with van der Waals surface area (Å²) in [7, 11) is 1.65. The normalized spacial score (nSPS) is 12.2. The van der Waals surface area contributed by atoms with Crippen molar-refractivity contribution in [3.8, 4) is 5.75 Å². The number of rotatable bonds is 5. The van der Waals surface area contributed by atoms with Crippen LogP contribution in [-0.4, -0.2) is 18.6 Å². The van der Waals surface area contributed by atoms with E-state index >= 15 is 0 Å². The van der Waals surface area contributed by atoms with E-state index < -0.39 is 0 Å². The van der Waals surface area contributed by atoms with Crippen LogP contribution in [0.25, 0.3) is 0 Å². The Kier molecular flexibility index (Phi) is 5.40. The van der Waals surface area contributed by atoms with E-state index in [-0.39, 0.29) is 6.04 Å². The van der Waals surface area contributed by atoms with Gasteiger partial charge in [0.1, 0.15) is 11.4 Å². The second-order valence-electron chi connectivity index (χ2n) is 4.25. The molecule has 5 heteroatoms. The second-order valence-corrected chi connectivity index (χ2v) is 5.54. The van der Waals surface area contributed by atoms with E-state index in [4.69, 9.17) is 16.3 Å². The largest absolute Gasteiger partial charge is 0.495 e. The molecule has 2 aromatic rings. The molecule has 0 bridgehead atoms. The quantitative estimate of drug-likeness (QED) is 0.872. The number of pyridine rings is 1. The molecule has 0 saturated heterocycles. The lowest BCUT2D eigenvalue weighted by atomic mass is 10.0. The van der Waals surface area contributed by atoms with Crippen LogP contribution in [0, 0.1) is 0 Å². The van der Waals surface area contributed by atoms with Crippen LogP contribution in [0.5, 0.6) is 5.75 Å². The minimum atomic E-state index is -0.0794. The van der Waals surface area contributed by atoms with Crippen molar-refractivity contribution in [1.29, 1.82) is 0 Å². The van der Waals surface area contributed by atoms with Crippen molar-refractivity contribution in [3.05, 3.63) is 57.3 Å². The summed E-state index contributed by atoms with van der Waals surface area (Å²) in [6.07, 6.45) is 1.76. The predicted molar refractivity (Wildman–Crippen MR) is 85.5 cm³/mol. The monoisotopic (exact) mass is 354 g/mol. The van der Waals surface area contributed by atoms with Gasteiger partial charge in [0.05, 0.1) is 13.2 Å². The van der Waals surface area contributed by atoms with E-state index in [1.165, 1.54) is 0 Å². The fourth-order valence-electron chi connectivity index (χ4n) is 2.09. The van der Waals surface area contributed by atoms with Gasteiger partial charge in [0.25, 0.3) is 0 Å². The minimum absolute atomic E-state index is 0.0794. The molecule has 0 radical (unpaired) electrons. The molecule has 0 aliphatic rings. The average molecular weight is 356 g/mol. The molecule has 3 nitrogen and oxygen atoms in total. The third-order valence-electron chi connectivity index (χ3n) is 2.97. The SMILES string of the molecule is CCNC(c1cc(Cl)ccc1Br)c1ncccc1OC. The number of hydrogen-bond acceptors (Lipinski definition) is 3. The number of hydrogen-bond donors (Lipinski definition) is 1. The van der Waals surface area contributed by atoms with Crippen LogP contribution in [0.15, 0.2) is 41.0 Å². The maximum absolute atomic E-state index is 6.12. The van der Waals surface area contributed by atoms with Crippen molar-refractivity contribution in [2.45, 2.75) is 13.0 Å². The van der Waals surface area contributed by atoms with E-state index in [2.05, 4.69) is 33.2 Å². The summed E-state index contributed by atoms with van der Waals surface area (Å²) >= 11 is 9.70. The summed E-state index contributed by atoms with van der Waals surface area (Å²) in [6.45, 7) is 2.87. The fraction of sp³-hybridized carbons (Fsp3) is 0.267. The molecule has 0 saturated carbocycles. The number of methoxy groups -OCH3 is 1. The standard InChI is InChI=1S/C15H16BrClN2O/c1-3-18-14(11-9-10(17)6-7-12(11)16)15-13(20-2)5-4-8-19-15/h4-9,14,18H,3H2,1-2H3. The molecular weight excluding hydrogens is 340 g/mol. The molecule has 0 aliphatic carbocycles. The average Bonchev–Trinajstić information content (AvgIpc) is 2.47. The molecule has 1 heterocycles. The summed E-state index contributed by atoms with van der Waals surface area (Å²) in [5.74, 6) is 0.755. The first-order valence-electron chi connectivity index (χ1n) is 6.34. The first-order chi connectivity index (χ1) is 9.67. The highest BCUT2D eigenvalue weighted by Gasteiger charge is 2.21.